The molecule has 4 aromatic carbocycles. The third kappa shape index (κ3) is 11.7. The number of aliphatic carboxylic acids is 1. The number of aromatic hydroxyl groups is 1. The van der Waals surface area contributed by atoms with E-state index in [-0.39, 0.29) is 36.9 Å². The summed E-state index contributed by atoms with van der Waals surface area (Å²) < 4.78 is 13.1. The van der Waals surface area contributed by atoms with Gasteiger partial charge in [-0.25, -0.2) is 0 Å². The number of amides is 1. The minimum atomic E-state index is -0.783. The molecule has 0 aliphatic carbocycles. The van der Waals surface area contributed by atoms with E-state index in [1.807, 2.05) is 78.7 Å². The number of ether oxygens (including phenoxy) is 2. The van der Waals surface area contributed by atoms with Gasteiger partial charge in [-0.05, 0) is 71.5 Å². The first-order valence-corrected chi connectivity index (χ1v) is 18.0. The van der Waals surface area contributed by atoms with Crippen LogP contribution in [0.3, 0.4) is 0 Å². The highest BCUT2D eigenvalue weighted by atomic mass is 16.7. The van der Waals surface area contributed by atoms with Crippen LogP contribution in [-0.2, 0) is 32.2 Å². The monoisotopic (exact) mass is 710 g/mol. The number of carbonyl (C=O) groups is 2. The SMILES string of the molecule is CN(C[C@H]1C[C@@H](c2ccc(CO)cc2)O[C@@H](c2ccc(-c3cccc(CNC(=O)CCCCCCC(=O)O)c3)cc2)O1)C[C@@H](O)c1cccc(O)c1. The Balaban J connectivity index is 1.21. The number of hydrogen-bond acceptors (Lipinski definition) is 8. The number of nitrogens with zero attached hydrogens (tertiary/aromatic N) is 1. The molecule has 1 fully saturated rings. The Labute approximate surface area is 305 Å². The molecule has 4 atom stereocenters. The number of hydrogen-bond donors (Lipinski definition) is 5. The van der Waals surface area contributed by atoms with Crippen molar-refractivity contribution < 1.29 is 39.5 Å². The van der Waals surface area contributed by atoms with Crippen molar-refractivity contribution in [1.29, 1.82) is 0 Å². The molecule has 1 saturated heterocycles. The number of phenolic OH excluding ortho intramolecular Hbond substituents is 1. The molecule has 1 aliphatic heterocycles. The molecule has 1 aliphatic rings. The third-order valence-electron chi connectivity index (χ3n) is 9.35. The highest BCUT2D eigenvalue weighted by molar-refractivity contribution is 5.76. The number of likely N-dealkylation sites (N-methyl/N-ethyl adjacent to an activating group) is 1. The summed E-state index contributed by atoms with van der Waals surface area (Å²) in [5, 5.41) is 42.0. The Kier molecular flexibility index (Phi) is 14.4. The van der Waals surface area contributed by atoms with Crippen LogP contribution >= 0.6 is 0 Å². The minimum Gasteiger partial charge on any atom is -0.508 e. The van der Waals surface area contributed by atoms with Gasteiger partial charge >= 0.3 is 5.97 Å². The molecule has 276 valence electrons. The Bertz CT molecular complexity index is 1730. The number of rotatable bonds is 18. The average molecular weight is 711 g/mol. The second-order valence-corrected chi connectivity index (χ2v) is 13.6. The Morgan fingerprint density at radius 3 is 2.25 bits per heavy atom. The lowest BCUT2D eigenvalue weighted by atomic mass is 9.98. The van der Waals surface area contributed by atoms with Crippen molar-refractivity contribution in [1.82, 2.24) is 10.2 Å². The highest BCUT2D eigenvalue weighted by Crippen LogP contribution is 2.39. The molecule has 1 amide bonds. The fourth-order valence-corrected chi connectivity index (χ4v) is 6.49. The van der Waals surface area contributed by atoms with Crippen LogP contribution in [0.4, 0.5) is 0 Å². The van der Waals surface area contributed by atoms with Crippen LogP contribution in [0.1, 0.15) is 91.3 Å². The van der Waals surface area contributed by atoms with E-state index in [1.54, 1.807) is 24.3 Å². The van der Waals surface area contributed by atoms with Crippen LogP contribution < -0.4 is 5.32 Å². The fourth-order valence-electron chi connectivity index (χ4n) is 6.49. The van der Waals surface area contributed by atoms with Gasteiger partial charge in [-0.1, -0.05) is 91.7 Å². The average Bonchev–Trinajstić information content (AvgIpc) is 3.15. The number of carboxylic acids is 1. The van der Waals surface area contributed by atoms with Crippen molar-refractivity contribution >= 4 is 11.9 Å². The van der Waals surface area contributed by atoms with Gasteiger partial charge in [0.15, 0.2) is 6.29 Å². The molecule has 10 heteroatoms. The number of benzene rings is 4. The minimum absolute atomic E-state index is 0.0136. The van der Waals surface area contributed by atoms with Crippen molar-refractivity contribution in [2.75, 3.05) is 20.1 Å². The summed E-state index contributed by atoms with van der Waals surface area (Å²) in [6.45, 7) is 1.30. The largest absolute Gasteiger partial charge is 0.508 e. The van der Waals surface area contributed by atoms with Crippen LogP contribution in [0.15, 0.2) is 97.1 Å². The van der Waals surface area contributed by atoms with E-state index in [4.69, 9.17) is 14.6 Å². The summed E-state index contributed by atoms with van der Waals surface area (Å²) in [6.07, 6.45) is 2.38. The maximum atomic E-state index is 12.4. The maximum Gasteiger partial charge on any atom is 0.303 e. The molecule has 4 aromatic rings. The number of phenols is 1. The van der Waals surface area contributed by atoms with E-state index >= 15 is 0 Å². The zero-order chi connectivity index (χ0) is 36.9. The van der Waals surface area contributed by atoms with Gasteiger partial charge in [0, 0.05) is 44.5 Å². The second-order valence-electron chi connectivity index (χ2n) is 13.6. The van der Waals surface area contributed by atoms with Crippen molar-refractivity contribution in [3.63, 3.8) is 0 Å². The predicted molar refractivity (Wildman–Crippen MR) is 198 cm³/mol. The quantitative estimate of drug-likeness (QED) is 0.0703. The number of nitrogens with one attached hydrogen (secondary N) is 1. The van der Waals surface area contributed by atoms with Gasteiger partial charge in [0.05, 0.1) is 24.9 Å². The predicted octanol–water partition coefficient (Wildman–Crippen LogP) is 6.80. The molecule has 5 N–H and O–H groups in total. The van der Waals surface area contributed by atoms with Crippen LogP contribution in [-0.4, -0.2) is 63.4 Å². The molecule has 1 heterocycles. The number of aliphatic hydroxyl groups is 2. The number of aliphatic hydroxyl groups excluding tert-OH is 2. The molecule has 0 unspecified atom stereocenters. The molecular weight excluding hydrogens is 660 g/mol. The molecule has 0 radical (unpaired) electrons. The zero-order valence-electron chi connectivity index (χ0n) is 29.7. The van der Waals surface area contributed by atoms with E-state index in [1.165, 1.54) is 0 Å². The summed E-state index contributed by atoms with van der Waals surface area (Å²) in [6, 6.07) is 30.6. The van der Waals surface area contributed by atoms with E-state index in [9.17, 15) is 24.9 Å². The van der Waals surface area contributed by atoms with Gasteiger partial charge in [0.2, 0.25) is 5.91 Å². The summed E-state index contributed by atoms with van der Waals surface area (Å²) >= 11 is 0. The smallest absolute Gasteiger partial charge is 0.303 e. The lowest BCUT2D eigenvalue weighted by Crippen LogP contribution is -2.39. The van der Waals surface area contributed by atoms with Crippen molar-refractivity contribution in [3.8, 4) is 16.9 Å². The Morgan fingerprint density at radius 1 is 0.827 bits per heavy atom. The molecule has 5 rings (SSSR count). The van der Waals surface area contributed by atoms with Gasteiger partial charge < -0.3 is 40.1 Å². The standard InChI is InChI=1S/C42H50N2O8/c1-44(27-38(47)35-10-7-11-36(46)23-35)26-37-24-39(32-16-14-29(28-45)15-17-32)52-42(51-37)33-20-18-31(19-21-33)34-9-6-8-30(22-34)25-43-40(48)12-4-2-3-5-13-41(49)50/h6-11,14-23,37-39,42,45-47H,2-5,12-13,24-28H2,1H3,(H,43,48)(H,49,50)/t37-,38-,39+,42+/m1/s1. The number of carboxylic acid groups (broad SMARTS) is 1. The molecule has 0 saturated carbocycles. The molecule has 0 aromatic heterocycles. The first kappa shape index (κ1) is 38.6. The Hall–Kier alpha value is -4.58. The van der Waals surface area contributed by atoms with E-state index < -0.39 is 18.4 Å². The van der Waals surface area contributed by atoms with Crippen molar-refractivity contribution in [2.45, 2.75) is 82.7 Å². The highest BCUT2D eigenvalue weighted by Gasteiger charge is 2.33. The molecule has 10 nitrogen and oxygen atoms in total. The molecule has 52 heavy (non-hydrogen) atoms. The molecule has 0 bridgehead atoms. The lowest BCUT2D eigenvalue weighted by Gasteiger charge is -2.38. The lowest BCUT2D eigenvalue weighted by molar-refractivity contribution is -0.252. The van der Waals surface area contributed by atoms with Gasteiger partial charge in [-0.2, -0.15) is 0 Å². The topological polar surface area (TPSA) is 149 Å². The summed E-state index contributed by atoms with van der Waals surface area (Å²) in [4.78, 5) is 25.0. The first-order chi connectivity index (χ1) is 25.2. The van der Waals surface area contributed by atoms with E-state index in [0.29, 0.717) is 44.5 Å². The van der Waals surface area contributed by atoms with Crippen LogP contribution in [0, 0.1) is 0 Å². The zero-order valence-corrected chi connectivity index (χ0v) is 29.7. The van der Waals surface area contributed by atoms with Gasteiger partial charge in [-0.3, -0.25) is 9.59 Å². The summed E-state index contributed by atoms with van der Waals surface area (Å²) in [5.41, 5.74) is 6.37. The third-order valence-corrected chi connectivity index (χ3v) is 9.35. The fraction of sp³-hybridized carbons (Fsp3) is 0.381. The Morgan fingerprint density at radius 2 is 1.54 bits per heavy atom. The van der Waals surface area contributed by atoms with Gasteiger partial charge in [-0.15, -0.1) is 0 Å². The van der Waals surface area contributed by atoms with Gasteiger partial charge in [0.1, 0.15) is 5.75 Å². The normalized spacial score (nSPS) is 17.9. The maximum absolute atomic E-state index is 12.4. The summed E-state index contributed by atoms with van der Waals surface area (Å²) in [7, 11) is 1.94. The van der Waals surface area contributed by atoms with Crippen LogP contribution in [0.2, 0.25) is 0 Å². The van der Waals surface area contributed by atoms with E-state index in [2.05, 4.69) is 11.4 Å². The first-order valence-electron chi connectivity index (χ1n) is 18.0. The van der Waals surface area contributed by atoms with Gasteiger partial charge in [0.25, 0.3) is 0 Å². The number of unbranched alkanes of at least 4 members (excludes halogenated alkanes) is 3. The summed E-state index contributed by atoms with van der Waals surface area (Å²) in [5.74, 6) is -0.683. The van der Waals surface area contributed by atoms with Crippen LogP contribution in [0.5, 0.6) is 5.75 Å². The second kappa shape index (κ2) is 19.3. The van der Waals surface area contributed by atoms with Crippen molar-refractivity contribution in [3.05, 3.63) is 125 Å². The van der Waals surface area contributed by atoms with Crippen molar-refractivity contribution in [2.24, 2.45) is 0 Å². The molecule has 0 spiro atoms. The van der Waals surface area contributed by atoms with Crippen LogP contribution in [0.25, 0.3) is 11.1 Å². The number of carbonyl (C=O) groups excluding carboxylic acids is 1. The molecular formula is C42H50N2O8. The van der Waals surface area contributed by atoms with E-state index in [0.717, 1.165) is 52.6 Å².